The molecule has 2 amide bonds. The van der Waals surface area contributed by atoms with Gasteiger partial charge in [0.2, 0.25) is 5.91 Å². The molecule has 1 aromatic heterocycles. The maximum absolute atomic E-state index is 12.2. The quantitative estimate of drug-likeness (QED) is 0.878. The Morgan fingerprint density at radius 3 is 2.74 bits per heavy atom. The van der Waals surface area contributed by atoms with Crippen LogP contribution in [0.4, 0.5) is 10.6 Å². The molecule has 7 nitrogen and oxygen atoms in total. The molecule has 1 atom stereocenters. The van der Waals surface area contributed by atoms with Crippen molar-refractivity contribution in [2.45, 2.75) is 6.42 Å². The SMILES string of the molecule is CN(C(=O)C1CCN(C(=O)O)C1)c1nccnc1Cl. The Hall–Kier alpha value is -1.89. The second kappa shape index (κ2) is 5.40. The molecule has 8 heteroatoms. The Morgan fingerprint density at radius 2 is 2.16 bits per heavy atom. The Morgan fingerprint density at radius 1 is 1.47 bits per heavy atom. The number of amides is 2. The standard InChI is InChI=1S/C11H13ClN4O3/c1-15(9-8(12)13-3-4-14-9)10(17)7-2-5-16(6-7)11(18)19/h3-4,7H,2,5-6H2,1H3,(H,18,19). The van der Waals surface area contributed by atoms with E-state index in [4.69, 9.17) is 16.7 Å². The van der Waals surface area contributed by atoms with Crippen molar-refractivity contribution < 1.29 is 14.7 Å². The lowest BCUT2D eigenvalue weighted by atomic mass is 10.1. The van der Waals surface area contributed by atoms with Gasteiger partial charge >= 0.3 is 6.09 Å². The van der Waals surface area contributed by atoms with E-state index in [1.54, 1.807) is 7.05 Å². The van der Waals surface area contributed by atoms with Crippen molar-refractivity contribution in [2.24, 2.45) is 5.92 Å². The van der Waals surface area contributed by atoms with Crippen molar-refractivity contribution in [3.8, 4) is 0 Å². The van der Waals surface area contributed by atoms with Gasteiger partial charge in [0, 0.05) is 32.5 Å². The Labute approximate surface area is 114 Å². The van der Waals surface area contributed by atoms with Gasteiger partial charge < -0.3 is 10.0 Å². The maximum atomic E-state index is 12.2. The van der Waals surface area contributed by atoms with E-state index >= 15 is 0 Å². The highest BCUT2D eigenvalue weighted by molar-refractivity contribution is 6.32. The van der Waals surface area contributed by atoms with Crippen LogP contribution in [0.25, 0.3) is 0 Å². The van der Waals surface area contributed by atoms with Crippen molar-refractivity contribution in [2.75, 3.05) is 25.0 Å². The second-order valence-corrected chi connectivity index (χ2v) is 4.64. The lowest BCUT2D eigenvalue weighted by molar-refractivity contribution is -0.121. The van der Waals surface area contributed by atoms with Crippen LogP contribution in [-0.4, -0.2) is 52.1 Å². The van der Waals surface area contributed by atoms with E-state index in [0.717, 1.165) is 0 Å². The molecule has 1 aliphatic rings. The third kappa shape index (κ3) is 2.76. The number of carbonyl (C=O) groups excluding carboxylic acids is 1. The lowest BCUT2D eigenvalue weighted by Crippen LogP contribution is -2.36. The number of nitrogens with zero attached hydrogens (tertiary/aromatic N) is 4. The van der Waals surface area contributed by atoms with Crippen molar-refractivity contribution in [3.63, 3.8) is 0 Å². The maximum Gasteiger partial charge on any atom is 0.407 e. The predicted molar refractivity (Wildman–Crippen MR) is 68.2 cm³/mol. The molecule has 0 bridgehead atoms. The molecular weight excluding hydrogens is 272 g/mol. The summed E-state index contributed by atoms with van der Waals surface area (Å²) in [6, 6.07) is 0. The summed E-state index contributed by atoms with van der Waals surface area (Å²) in [5, 5.41) is 9.01. The number of aromatic nitrogens is 2. The number of carbonyl (C=O) groups is 2. The number of halogens is 1. The Balaban J connectivity index is 2.09. The normalized spacial score (nSPS) is 18.4. The van der Waals surface area contributed by atoms with Crippen LogP contribution in [0.2, 0.25) is 5.15 Å². The molecule has 0 radical (unpaired) electrons. The fraction of sp³-hybridized carbons (Fsp3) is 0.455. The van der Waals surface area contributed by atoms with Gasteiger partial charge in [0.25, 0.3) is 0 Å². The van der Waals surface area contributed by atoms with Crippen LogP contribution in [0.15, 0.2) is 12.4 Å². The van der Waals surface area contributed by atoms with Gasteiger partial charge in [-0.25, -0.2) is 14.8 Å². The molecule has 1 unspecified atom stereocenters. The van der Waals surface area contributed by atoms with Crippen molar-refractivity contribution in [3.05, 3.63) is 17.5 Å². The first-order valence-electron chi connectivity index (χ1n) is 5.72. The molecule has 2 rings (SSSR count). The van der Waals surface area contributed by atoms with E-state index in [2.05, 4.69) is 9.97 Å². The summed E-state index contributed by atoms with van der Waals surface area (Å²) >= 11 is 5.88. The summed E-state index contributed by atoms with van der Waals surface area (Å²) in [7, 11) is 1.56. The highest BCUT2D eigenvalue weighted by Crippen LogP contribution is 2.24. The largest absolute Gasteiger partial charge is 0.465 e. The van der Waals surface area contributed by atoms with Crippen molar-refractivity contribution >= 4 is 29.4 Å². The summed E-state index contributed by atoms with van der Waals surface area (Å²) in [6.45, 7) is 0.574. The van der Waals surface area contributed by atoms with Gasteiger partial charge in [-0.05, 0) is 6.42 Å². The topological polar surface area (TPSA) is 86.6 Å². The third-order valence-corrected chi connectivity index (χ3v) is 3.36. The van der Waals surface area contributed by atoms with Crippen LogP contribution in [-0.2, 0) is 4.79 Å². The lowest BCUT2D eigenvalue weighted by Gasteiger charge is -2.20. The molecular formula is C11H13ClN4O3. The summed E-state index contributed by atoms with van der Waals surface area (Å²) in [5.41, 5.74) is 0. The predicted octanol–water partition coefficient (Wildman–Crippen LogP) is 1.09. The van der Waals surface area contributed by atoms with Gasteiger partial charge in [0.05, 0.1) is 5.92 Å². The first kappa shape index (κ1) is 13.5. The monoisotopic (exact) mass is 284 g/mol. The first-order valence-corrected chi connectivity index (χ1v) is 6.10. The molecule has 1 saturated heterocycles. The van der Waals surface area contributed by atoms with E-state index in [0.29, 0.717) is 13.0 Å². The molecule has 1 fully saturated rings. The van der Waals surface area contributed by atoms with Gasteiger partial charge in [0.15, 0.2) is 11.0 Å². The zero-order valence-corrected chi connectivity index (χ0v) is 11.0. The van der Waals surface area contributed by atoms with Crippen LogP contribution in [0.3, 0.4) is 0 Å². The minimum absolute atomic E-state index is 0.145. The molecule has 1 aromatic rings. The van der Waals surface area contributed by atoms with Gasteiger partial charge in [-0.1, -0.05) is 11.6 Å². The molecule has 1 N–H and O–H groups in total. The Kier molecular flexibility index (Phi) is 3.84. The molecule has 1 aliphatic heterocycles. The molecule has 0 spiro atoms. The number of hydrogen-bond donors (Lipinski definition) is 1. The number of rotatable bonds is 2. The minimum atomic E-state index is -1.00. The summed E-state index contributed by atoms with van der Waals surface area (Å²) in [5.74, 6) is -0.284. The van der Waals surface area contributed by atoms with Crippen LogP contribution in [0.1, 0.15) is 6.42 Å². The summed E-state index contributed by atoms with van der Waals surface area (Å²) in [4.78, 5) is 33.5. The second-order valence-electron chi connectivity index (χ2n) is 4.28. The fourth-order valence-corrected chi connectivity index (χ4v) is 2.28. The van der Waals surface area contributed by atoms with E-state index in [1.165, 1.54) is 22.2 Å². The highest BCUT2D eigenvalue weighted by Gasteiger charge is 2.33. The molecule has 0 saturated carbocycles. The summed E-state index contributed by atoms with van der Waals surface area (Å²) < 4.78 is 0. The van der Waals surface area contributed by atoms with Crippen LogP contribution >= 0.6 is 11.6 Å². The van der Waals surface area contributed by atoms with Gasteiger partial charge in [-0.3, -0.25) is 9.69 Å². The fourth-order valence-electron chi connectivity index (χ4n) is 2.05. The van der Waals surface area contributed by atoms with Gasteiger partial charge in [-0.2, -0.15) is 0 Å². The number of likely N-dealkylation sites (tertiary alicyclic amines) is 1. The first-order chi connectivity index (χ1) is 9.00. The van der Waals surface area contributed by atoms with E-state index in [9.17, 15) is 9.59 Å². The van der Waals surface area contributed by atoms with Crippen molar-refractivity contribution in [1.29, 1.82) is 0 Å². The average Bonchev–Trinajstić information content (AvgIpc) is 2.87. The molecule has 102 valence electrons. The molecule has 0 aliphatic carbocycles. The van der Waals surface area contributed by atoms with Crippen molar-refractivity contribution in [1.82, 2.24) is 14.9 Å². The van der Waals surface area contributed by atoms with Crippen LogP contribution < -0.4 is 4.90 Å². The highest BCUT2D eigenvalue weighted by atomic mass is 35.5. The third-order valence-electron chi connectivity index (χ3n) is 3.09. The molecule has 0 aromatic carbocycles. The van der Waals surface area contributed by atoms with Gasteiger partial charge in [-0.15, -0.1) is 0 Å². The summed E-state index contributed by atoms with van der Waals surface area (Å²) in [6.07, 6.45) is 2.39. The van der Waals surface area contributed by atoms with Crippen LogP contribution in [0.5, 0.6) is 0 Å². The average molecular weight is 285 g/mol. The zero-order valence-electron chi connectivity index (χ0n) is 10.3. The zero-order chi connectivity index (χ0) is 14.0. The number of hydrogen-bond acceptors (Lipinski definition) is 4. The smallest absolute Gasteiger partial charge is 0.407 e. The number of carboxylic acid groups (broad SMARTS) is 1. The number of anilines is 1. The van der Waals surface area contributed by atoms with E-state index in [-0.39, 0.29) is 29.3 Å². The van der Waals surface area contributed by atoms with Gasteiger partial charge in [0.1, 0.15) is 0 Å². The van der Waals surface area contributed by atoms with E-state index < -0.39 is 6.09 Å². The molecule has 19 heavy (non-hydrogen) atoms. The Bertz CT molecular complexity index is 510. The van der Waals surface area contributed by atoms with E-state index in [1.807, 2.05) is 0 Å². The minimum Gasteiger partial charge on any atom is -0.465 e. The molecule has 2 heterocycles. The van der Waals surface area contributed by atoms with Crippen LogP contribution in [0, 0.1) is 5.92 Å².